The number of aliphatic hydroxyl groups excluding tert-OH is 1. The third-order valence-corrected chi connectivity index (χ3v) is 4.42. The van der Waals surface area contributed by atoms with Gasteiger partial charge in [-0.15, -0.1) is 0 Å². The lowest BCUT2D eigenvalue weighted by Gasteiger charge is -2.17. The number of rotatable bonds is 5. The average molecular weight is 326 g/mol. The van der Waals surface area contributed by atoms with Crippen molar-refractivity contribution in [3.8, 4) is 0 Å². The quantitative estimate of drug-likeness (QED) is 0.873. The number of halogens is 1. The van der Waals surface area contributed by atoms with Gasteiger partial charge in [0, 0.05) is 17.6 Å². The van der Waals surface area contributed by atoms with Gasteiger partial charge < -0.3 is 10.4 Å². The van der Waals surface area contributed by atoms with Crippen molar-refractivity contribution in [1.82, 2.24) is 5.32 Å². The SMILES string of the molecule is O=C(Cc1ccc(Br)cc1)NCC1CCCC1CO. The molecule has 2 rings (SSSR count). The van der Waals surface area contributed by atoms with Crippen LogP contribution < -0.4 is 5.32 Å². The first-order chi connectivity index (χ1) is 9.19. The second-order valence-corrected chi connectivity index (χ2v) is 6.16. The van der Waals surface area contributed by atoms with E-state index in [0.29, 0.717) is 24.8 Å². The Labute approximate surface area is 122 Å². The van der Waals surface area contributed by atoms with Crippen LogP contribution in [-0.4, -0.2) is 24.2 Å². The van der Waals surface area contributed by atoms with E-state index in [1.165, 1.54) is 6.42 Å². The summed E-state index contributed by atoms with van der Waals surface area (Å²) >= 11 is 3.38. The standard InChI is InChI=1S/C15H20BrNO2/c16-14-6-4-11(5-7-14)8-15(19)17-9-12-2-1-3-13(12)10-18/h4-7,12-13,18H,1-3,8-10H2,(H,17,19). The molecule has 0 radical (unpaired) electrons. The van der Waals surface area contributed by atoms with E-state index < -0.39 is 0 Å². The predicted octanol–water partition coefficient (Wildman–Crippen LogP) is 2.52. The summed E-state index contributed by atoms with van der Waals surface area (Å²) in [5.74, 6) is 0.873. The minimum absolute atomic E-state index is 0.0610. The number of hydrogen-bond donors (Lipinski definition) is 2. The van der Waals surface area contributed by atoms with Gasteiger partial charge in [-0.25, -0.2) is 0 Å². The molecule has 0 bridgehead atoms. The van der Waals surface area contributed by atoms with E-state index in [9.17, 15) is 9.90 Å². The lowest BCUT2D eigenvalue weighted by Crippen LogP contribution is -2.32. The fourth-order valence-electron chi connectivity index (χ4n) is 2.72. The number of aliphatic hydroxyl groups is 1. The molecule has 0 aromatic heterocycles. The summed E-state index contributed by atoms with van der Waals surface area (Å²) in [6, 6.07) is 7.80. The third-order valence-electron chi connectivity index (χ3n) is 3.89. The van der Waals surface area contributed by atoms with Gasteiger partial charge in [0.1, 0.15) is 0 Å². The highest BCUT2D eigenvalue weighted by Crippen LogP contribution is 2.30. The summed E-state index contributed by atoms with van der Waals surface area (Å²) in [5.41, 5.74) is 1.02. The van der Waals surface area contributed by atoms with E-state index in [4.69, 9.17) is 0 Å². The Morgan fingerprint density at radius 2 is 1.95 bits per heavy atom. The Balaban J connectivity index is 1.77. The highest BCUT2D eigenvalue weighted by Gasteiger charge is 2.26. The fourth-order valence-corrected chi connectivity index (χ4v) is 2.98. The van der Waals surface area contributed by atoms with Crippen molar-refractivity contribution in [2.24, 2.45) is 11.8 Å². The third kappa shape index (κ3) is 4.32. The zero-order valence-electron chi connectivity index (χ0n) is 10.9. The van der Waals surface area contributed by atoms with Crippen molar-refractivity contribution < 1.29 is 9.90 Å². The normalized spacial score (nSPS) is 22.4. The molecule has 0 heterocycles. The first-order valence-corrected chi connectivity index (χ1v) is 7.60. The van der Waals surface area contributed by atoms with Gasteiger partial charge in [0.05, 0.1) is 6.42 Å². The Bertz CT molecular complexity index is 419. The van der Waals surface area contributed by atoms with Gasteiger partial charge >= 0.3 is 0 Å². The predicted molar refractivity (Wildman–Crippen MR) is 78.8 cm³/mol. The maximum absolute atomic E-state index is 11.9. The van der Waals surface area contributed by atoms with E-state index in [-0.39, 0.29) is 12.5 Å². The van der Waals surface area contributed by atoms with Crippen LogP contribution in [-0.2, 0) is 11.2 Å². The highest BCUT2D eigenvalue weighted by molar-refractivity contribution is 9.10. The first-order valence-electron chi connectivity index (χ1n) is 6.81. The van der Waals surface area contributed by atoms with Crippen molar-refractivity contribution in [1.29, 1.82) is 0 Å². The summed E-state index contributed by atoms with van der Waals surface area (Å²) in [6.45, 7) is 0.938. The Kier molecular flexibility index (Phi) is 5.40. The van der Waals surface area contributed by atoms with Gasteiger partial charge in [-0.05, 0) is 42.4 Å². The van der Waals surface area contributed by atoms with Crippen LogP contribution in [0.1, 0.15) is 24.8 Å². The van der Waals surface area contributed by atoms with E-state index in [2.05, 4.69) is 21.2 Å². The zero-order valence-corrected chi connectivity index (χ0v) is 12.5. The van der Waals surface area contributed by atoms with Crippen LogP contribution in [0, 0.1) is 11.8 Å². The Morgan fingerprint density at radius 1 is 1.26 bits per heavy atom. The monoisotopic (exact) mass is 325 g/mol. The number of benzene rings is 1. The largest absolute Gasteiger partial charge is 0.396 e. The molecule has 0 saturated heterocycles. The maximum Gasteiger partial charge on any atom is 0.224 e. The molecule has 1 aliphatic rings. The molecule has 1 aromatic rings. The van der Waals surface area contributed by atoms with Gasteiger partial charge in [-0.2, -0.15) is 0 Å². The van der Waals surface area contributed by atoms with Crippen molar-refractivity contribution >= 4 is 21.8 Å². The molecule has 1 aromatic carbocycles. The van der Waals surface area contributed by atoms with Crippen LogP contribution in [0.4, 0.5) is 0 Å². The lowest BCUT2D eigenvalue weighted by molar-refractivity contribution is -0.120. The van der Waals surface area contributed by atoms with Gasteiger partial charge in [0.15, 0.2) is 0 Å². The van der Waals surface area contributed by atoms with E-state index in [0.717, 1.165) is 22.9 Å². The number of hydrogen-bond acceptors (Lipinski definition) is 2. The van der Waals surface area contributed by atoms with Crippen molar-refractivity contribution in [3.05, 3.63) is 34.3 Å². The van der Waals surface area contributed by atoms with Crippen molar-refractivity contribution in [2.45, 2.75) is 25.7 Å². The van der Waals surface area contributed by atoms with Crippen LogP contribution in [0.25, 0.3) is 0 Å². The molecule has 1 saturated carbocycles. The molecular weight excluding hydrogens is 306 g/mol. The van der Waals surface area contributed by atoms with Gasteiger partial charge in [0.2, 0.25) is 5.91 Å². The molecule has 1 amide bonds. The van der Waals surface area contributed by atoms with Crippen LogP contribution in [0.2, 0.25) is 0 Å². The maximum atomic E-state index is 11.9. The van der Waals surface area contributed by atoms with Crippen LogP contribution >= 0.6 is 15.9 Å². The molecule has 3 nitrogen and oxygen atoms in total. The molecule has 2 N–H and O–H groups in total. The van der Waals surface area contributed by atoms with Gasteiger partial charge in [0.25, 0.3) is 0 Å². The zero-order chi connectivity index (χ0) is 13.7. The second-order valence-electron chi connectivity index (χ2n) is 5.24. The molecule has 2 unspecified atom stereocenters. The lowest BCUT2D eigenvalue weighted by atomic mass is 9.97. The van der Waals surface area contributed by atoms with Crippen molar-refractivity contribution in [3.63, 3.8) is 0 Å². The summed E-state index contributed by atoms with van der Waals surface area (Å²) in [6.07, 6.45) is 3.79. The molecule has 1 aliphatic carbocycles. The summed E-state index contributed by atoms with van der Waals surface area (Å²) in [7, 11) is 0. The van der Waals surface area contributed by atoms with Crippen LogP contribution in [0.15, 0.2) is 28.7 Å². The fraction of sp³-hybridized carbons (Fsp3) is 0.533. The van der Waals surface area contributed by atoms with Crippen molar-refractivity contribution in [2.75, 3.05) is 13.2 Å². The molecule has 104 valence electrons. The van der Waals surface area contributed by atoms with Crippen LogP contribution in [0.5, 0.6) is 0 Å². The number of carbonyl (C=O) groups is 1. The Hall–Kier alpha value is -0.870. The second kappa shape index (κ2) is 7.06. The molecule has 0 aliphatic heterocycles. The summed E-state index contributed by atoms with van der Waals surface area (Å²) in [5, 5.41) is 12.2. The first kappa shape index (κ1) is 14.5. The topological polar surface area (TPSA) is 49.3 Å². The van der Waals surface area contributed by atoms with E-state index in [1.807, 2.05) is 24.3 Å². The number of carbonyl (C=O) groups excluding carboxylic acids is 1. The molecule has 1 fully saturated rings. The van der Waals surface area contributed by atoms with E-state index >= 15 is 0 Å². The molecule has 4 heteroatoms. The van der Waals surface area contributed by atoms with Gasteiger partial charge in [-0.3, -0.25) is 4.79 Å². The molecule has 19 heavy (non-hydrogen) atoms. The average Bonchev–Trinajstić information content (AvgIpc) is 2.86. The molecule has 2 atom stereocenters. The summed E-state index contributed by atoms with van der Waals surface area (Å²) in [4.78, 5) is 11.9. The minimum atomic E-state index is 0.0610. The van der Waals surface area contributed by atoms with E-state index in [1.54, 1.807) is 0 Å². The highest BCUT2D eigenvalue weighted by atomic mass is 79.9. The molecule has 0 spiro atoms. The number of nitrogens with one attached hydrogen (secondary N) is 1. The summed E-state index contributed by atoms with van der Waals surface area (Å²) < 4.78 is 1.02. The molecular formula is C15H20BrNO2. The van der Waals surface area contributed by atoms with Crippen LogP contribution in [0.3, 0.4) is 0 Å². The number of amides is 1. The smallest absolute Gasteiger partial charge is 0.224 e. The minimum Gasteiger partial charge on any atom is -0.396 e. The van der Waals surface area contributed by atoms with Gasteiger partial charge in [-0.1, -0.05) is 34.5 Å². The Morgan fingerprint density at radius 3 is 2.63 bits per heavy atom.